The summed E-state index contributed by atoms with van der Waals surface area (Å²) >= 11 is 0. The summed E-state index contributed by atoms with van der Waals surface area (Å²) in [5.74, 6) is 0. The van der Waals surface area contributed by atoms with E-state index >= 15 is 0 Å². The first-order chi connectivity index (χ1) is 8.09. The molecule has 0 aliphatic heterocycles. The summed E-state index contributed by atoms with van der Waals surface area (Å²) in [6.07, 6.45) is 0. The minimum Gasteiger partial charge on any atom is -0.258 e. The van der Waals surface area contributed by atoms with Gasteiger partial charge in [0, 0.05) is 12.1 Å². The second kappa shape index (κ2) is 6.43. The molecule has 0 radical (unpaired) electrons. The first-order valence-electron chi connectivity index (χ1n) is 5.32. The van der Waals surface area contributed by atoms with E-state index in [0.29, 0.717) is 0 Å². The number of nitro benzene ring substituents is 1. The SMILES string of the molecule is Cc1ccc([N+](=O)[O-])cc1.Cc1ccccc1. The number of hydrogen-bond donors (Lipinski definition) is 0. The van der Waals surface area contributed by atoms with Crippen LogP contribution >= 0.6 is 0 Å². The molecule has 0 saturated carbocycles. The Labute approximate surface area is 101 Å². The van der Waals surface area contributed by atoms with Gasteiger partial charge in [-0.25, -0.2) is 0 Å². The Kier molecular flexibility index (Phi) is 4.88. The molecule has 3 nitrogen and oxygen atoms in total. The molecule has 0 spiro atoms. The number of hydrogen-bond acceptors (Lipinski definition) is 2. The lowest BCUT2D eigenvalue weighted by atomic mass is 10.2. The van der Waals surface area contributed by atoms with Crippen molar-refractivity contribution in [3.63, 3.8) is 0 Å². The van der Waals surface area contributed by atoms with E-state index in [2.05, 4.69) is 19.1 Å². The van der Waals surface area contributed by atoms with Crippen LogP contribution in [0.5, 0.6) is 0 Å². The number of nitro groups is 1. The summed E-state index contributed by atoms with van der Waals surface area (Å²) in [7, 11) is 0. The number of benzene rings is 2. The van der Waals surface area contributed by atoms with E-state index in [-0.39, 0.29) is 5.69 Å². The van der Waals surface area contributed by atoms with Gasteiger partial charge < -0.3 is 0 Å². The molecule has 88 valence electrons. The first kappa shape index (κ1) is 12.9. The van der Waals surface area contributed by atoms with Crippen molar-refractivity contribution >= 4 is 5.69 Å². The van der Waals surface area contributed by atoms with E-state index in [4.69, 9.17) is 0 Å². The molecule has 0 unspecified atom stereocenters. The van der Waals surface area contributed by atoms with Crippen molar-refractivity contribution in [2.24, 2.45) is 0 Å². The first-order valence-corrected chi connectivity index (χ1v) is 5.32. The lowest BCUT2D eigenvalue weighted by molar-refractivity contribution is -0.384. The average molecular weight is 229 g/mol. The van der Waals surface area contributed by atoms with Crippen LogP contribution in [0.2, 0.25) is 0 Å². The molecule has 0 heterocycles. The van der Waals surface area contributed by atoms with Crippen LogP contribution in [0.25, 0.3) is 0 Å². The second-order valence-electron chi connectivity index (χ2n) is 3.75. The highest BCUT2D eigenvalue weighted by molar-refractivity contribution is 5.32. The largest absolute Gasteiger partial charge is 0.269 e. The van der Waals surface area contributed by atoms with Crippen molar-refractivity contribution in [1.29, 1.82) is 0 Å². The Hall–Kier alpha value is -2.16. The van der Waals surface area contributed by atoms with Crippen LogP contribution in [0.1, 0.15) is 11.1 Å². The fourth-order valence-corrected chi connectivity index (χ4v) is 1.20. The molecule has 2 aromatic carbocycles. The summed E-state index contributed by atoms with van der Waals surface area (Å²) in [6, 6.07) is 16.7. The number of nitrogens with zero attached hydrogens (tertiary/aromatic N) is 1. The van der Waals surface area contributed by atoms with Crippen molar-refractivity contribution in [1.82, 2.24) is 0 Å². The molecule has 0 aliphatic rings. The molecule has 0 bridgehead atoms. The molecular weight excluding hydrogens is 214 g/mol. The fourth-order valence-electron chi connectivity index (χ4n) is 1.20. The maximum Gasteiger partial charge on any atom is 0.269 e. The topological polar surface area (TPSA) is 43.1 Å². The highest BCUT2D eigenvalue weighted by Gasteiger charge is 2.00. The monoisotopic (exact) mass is 229 g/mol. The lowest BCUT2D eigenvalue weighted by Crippen LogP contribution is -1.86. The Balaban J connectivity index is 0.000000181. The molecule has 0 aromatic heterocycles. The zero-order chi connectivity index (χ0) is 12.7. The van der Waals surface area contributed by atoms with Crippen LogP contribution in [-0.4, -0.2) is 4.92 Å². The molecule has 0 amide bonds. The highest BCUT2D eigenvalue weighted by atomic mass is 16.6. The van der Waals surface area contributed by atoms with Crippen molar-refractivity contribution in [3.8, 4) is 0 Å². The van der Waals surface area contributed by atoms with Gasteiger partial charge in [0.2, 0.25) is 0 Å². The third kappa shape index (κ3) is 4.93. The number of non-ortho nitro benzene ring substituents is 1. The Morgan fingerprint density at radius 1 is 0.824 bits per heavy atom. The molecule has 0 N–H and O–H groups in total. The van der Waals surface area contributed by atoms with Crippen LogP contribution in [0.4, 0.5) is 5.69 Å². The summed E-state index contributed by atoms with van der Waals surface area (Å²) in [6.45, 7) is 3.98. The molecule has 17 heavy (non-hydrogen) atoms. The molecular formula is C14H15NO2. The molecule has 0 aliphatic carbocycles. The predicted molar refractivity (Wildman–Crippen MR) is 69.0 cm³/mol. The Morgan fingerprint density at radius 2 is 1.29 bits per heavy atom. The summed E-state index contributed by atoms with van der Waals surface area (Å²) in [5.41, 5.74) is 2.50. The van der Waals surface area contributed by atoms with Crippen molar-refractivity contribution < 1.29 is 4.92 Å². The third-order valence-electron chi connectivity index (χ3n) is 2.19. The minimum absolute atomic E-state index is 0.144. The van der Waals surface area contributed by atoms with E-state index in [1.807, 2.05) is 25.1 Å². The van der Waals surface area contributed by atoms with Gasteiger partial charge in [0.05, 0.1) is 4.92 Å². The van der Waals surface area contributed by atoms with Crippen LogP contribution < -0.4 is 0 Å². The minimum atomic E-state index is -0.403. The van der Waals surface area contributed by atoms with E-state index < -0.39 is 4.92 Å². The van der Waals surface area contributed by atoms with E-state index in [1.54, 1.807) is 12.1 Å². The smallest absolute Gasteiger partial charge is 0.258 e. The standard InChI is InChI=1S/C7H7NO2.C7H8/c1-6-2-4-7(5-3-6)8(9)10;1-7-5-3-2-4-6-7/h2-5H,1H3;2-6H,1H3. The molecule has 3 heteroatoms. The highest BCUT2D eigenvalue weighted by Crippen LogP contribution is 2.10. The zero-order valence-electron chi connectivity index (χ0n) is 9.96. The summed E-state index contributed by atoms with van der Waals surface area (Å²) < 4.78 is 0. The van der Waals surface area contributed by atoms with Crippen molar-refractivity contribution in [3.05, 3.63) is 75.8 Å². The van der Waals surface area contributed by atoms with Gasteiger partial charge in [-0.2, -0.15) is 0 Å². The summed E-state index contributed by atoms with van der Waals surface area (Å²) in [4.78, 5) is 9.71. The van der Waals surface area contributed by atoms with Gasteiger partial charge in [0.25, 0.3) is 5.69 Å². The molecule has 0 fully saturated rings. The van der Waals surface area contributed by atoms with Gasteiger partial charge in [-0.3, -0.25) is 10.1 Å². The van der Waals surface area contributed by atoms with Gasteiger partial charge in [0.15, 0.2) is 0 Å². The number of rotatable bonds is 1. The van der Waals surface area contributed by atoms with Crippen LogP contribution in [0.3, 0.4) is 0 Å². The Morgan fingerprint density at radius 3 is 1.65 bits per heavy atom. The number of aryl methyl sites for hydroxylation is 2. The zero-order valence-corrected chi connectivity index (χ0v) is 9.96. The van der Waals surface area contributed by atoms with Gasteiger partial charge in [0.1, 0.15) is 0 Å². The fraction of sp³-hybridized carbons (Fsp3) is 0.143. The van der Waals surface area contributed by atoms with E-state index in [0.717, 1.165) is 5.56 Å². The van der Waals surface area contributed by atoms with Crippen molar-refractivity contribution in [2.75, 3.05) is 0 Å². The van der Waals surface area contributed by atoms with Gasteiger partial charge >= 0.3 is 0 Å². The Bertz CT molecular complexity index is 463. The quantitative estimate of drug-likeness (QED) is 0.549. The maximum atomic E-state index is 10.1. The van der Waals surface area contributed by atoms with Crippen molar-refractivity contribution in [2.45, 2.75) is 13.8 Å². The normalized spacial score (nSPS) is 9.06. The molecule has 0 atom stereocenters. The lowest BCUT2D eigenvalue weighted by Gasteiger charge is -1.90. The van der Waals surface area contributed by atoms with E-state index in [9.17, 15) is 10.1 Å². The molecule has 2 aromatic rings. The maximum absolute atomic E-state index is 10.1. The molecule has 0 saturated heterocycles. The summed E-state index contributed by atoms with van der Waals surface area (Å²) in [5, 5.41) is 10.1. The van der Waals surface area contributed by atoms with E-state index in [1.165, 1.54) is 17.7 Å². The van der Waals surface area contributed by atoms with Gasteiger partial charge in [-0.1, -0.05) is 53.6 Å². The molecule has 2 rings (SSSR count). The van der Waals surface area contributed by atoms with Gasteiger partial charge in [-0.05, 0) is 13.8 Å². The van der Waals surface area contributed by atoms with Gasteiger partial charge in [-0.15, -0.1) is 0 Å². The second-order valence-corrected chi connectivity index (χ2v) is 3.75. The van der Waals surface area contributed by atoms with Crippen LogP contribution in [-0.2, 0) is 0 Å². The average Bonchev–Trinajstić information content (AvgIpc) is 2.31. The van der Waals surface area contributed by atoms with Crippen LogP contribution in [0.15, 0.2) is 54.6 Å². The predicted octanol–water partition coefficient (Wildman–Crippen LogP) is 3.90. The van der Waals surface area contributed by atoms with Crippen LogP contribution in [0, 0.1) is 24.0 Å². The third-order valence-corrected chi connectivity index (χ3v) is 2.19.